The Hall–Kier alpha value is -4.93. The van der Waals surface area contributed by atoms with E-state index in [1.807, 2.05) is 30.3 Å². The molecule has 0 spiro atoms. The minimum atomic E-state index is -1.37. The molecule has 38 heavy (non-hydrogen) atoms. The molecule has 1 atom stereocenters. The second kappa shape index (κ2) is 12.9. The summed E-state index contributed by atoms with van der Waals surface area (Å²) in [4.78, 5) is 40.8. The van der Waals surface area contributed by atoms with E-state index in [1.165, 1.54) is 0 Å². The zero-order valence-corrected chi connectivity index (χ0v) is 20.5. The SMILES string of the molecule is O=C(NC(CNC(=O)c1cccc2c(CCCNc3ccccn3)[nH]nc12)C(=O)O)OCc1ccccc1. The number of rotatable bonds is 12. The summed E-state index contributed by atoms with van der Waals surface area (Å²) in [6.45, 7) is 0.380. The van der Waals surface area contributed by atoms with Gasteiger partial charge in [-0.1, -0.05) is 48.5 Å². The molecule has 196 valence electrons. The normalized spacial score (nSPS) is 11.5. The number of nitrogens with zero attached hydrogens (tertiary/aromatic N) is 2. The van der Waals surface area contributed by atoms with Gasteiger partial charge in [0, 0.05) is 30.4 Å². The first-order valence-electron chi connectivity index (χ1n) is 12.1. The van der Waals surface area contributed by atoms with Crippen LogP contribution in [0.25, 0.3) is 10.9 Å². The van der Waals surface area contributed by atoms with Crippen molar-refractivity contribution in [2.24, 2.45) is 0 Å². The average molecular weight is 517 g/mol. The highest BCUT2D eigenvalue weighted by Crippen LogP contribution is 2.21. The fraction of sp³-hybridized carbons (Fsp3) is 0.222. The third-order valence-electron chi connectivity index (χ3n) is 5.75. The van der Waals surface area contributed by atoms with E-state index < -0.39 is 24.0 Å². The number of aliphatic carboxylic acids is 1. The molecule has 0 aliphatic heterocycles. The third-order valence-corrected chi connectivity index (χ3v) is 5.75. The van der Waals surface area contributed by atoms with Crippen LogP contribution in [0, 0.1) is 0 Å². The van der Waals surface area contributed by atoms with Crippen LogP contribution in [0.15, 0.2) is 72.9 Å². The maximum Gasteiger partial charge on any atom is 0.408 e. The van der Waals surface area contributed by atoms with Crippen LogP contribution in [-0.4, -0.2) is 57.4 Å². The highest BCUT2D eigenvalue weighted by Gasteiger charge is 2.23. The Kier molecular flexibility index (Phi) is 8.85. The number of carbonyl (C=O) groups excluding carboxylic acids is 2. The van der Waals surface area contributed by atoms with Gasteiger partial charge in [0.05, 0.1) is 5.56 Å². The lowest BCUT2D eigenvalue weighted by atomic mass is 10.1. The monoisotopic (exact) mass is 516 g/mol. The molecule has 5 N–H and O–H groups in total. The van der Waals surface area contributed by atoms with Gasteiger partial charge in [-0.05, 0) is 36.6 Å². The number of amides is 2. The molecule has 0 aliphatic rings. The fourth-order valence-electron chi connectivity index (χ4n) is 3.81. The first kappa shape index (κ1) is 26.1. The smallest absolute Gasteiger partial charge is 0.408 e. The van der Waals surface area contributed by atoms with Gasteiger partial charge in [-0.3, -0.25) is 9.89 Å². The molecular formula is C27H28N6O5. The number of aryl methyl sites for hydroxylation is 1. The minimum absolute atomic E-state index is 0.00589. The molecule has 0 bridgehead atoms. The number of alkyl carbamates (subject to hydrolysis) is 1. The molecule has 0 aliphatic carbocycles. The van der Waals surface area contributed by atoms with Crippen LogP contribution in [0.1, 0.15) is 28.0 Å². The van der Waals surface area contributed by atoms with Gasteiger partial charge in [0.25, 0.3) is 5.91 Å². The summed E-state index contributed by atoms with van der Waals surface area (Å²) in [6, 6.07) is 18.5. The number of fused-ring (bicyclic) bond motifs is 1. The standard InChI is InChI=1S/C27H28N6O5/c34-25(30-16-22(26(35)36)31-27(37)38-17-18-8-2-1-3-9-18)20-11-6-10-19-21(32-33-24(19)20)12-7-15-29-23-13-4-5-14-28-23/h1-6,8-11,13-14,22H,7,12,15-17H2,(H,28,29)(H,30,34)(H,31,37)(H,32,33)(H,35,36). The van der Waals surface area contributed by atoms with Crippen LogP contribution >= 0.6 is 0 Å². The van der Waals surface area contributed by atoms with Crippen molar-refractivity contribution in [3.05, 3.63) is 89.7 Å². The molecule has 2 aromatic carbocycles. The van der Waals surface area contributed by atoms with Crippen LogP contribution in [0.2, 0.25) is 0 Å². The summed E-state index contributed by atoms with van der Waals surface area (Å²) in [6.07, 6.45) is 2.35. The Bertz CT molecular complexity index is 1380. The molecule has 2 aromatic heterocycles. The summed E-state index contributed by atoms with van der Waals surface area (Å²) < 4.78 is 5.08. The van der Waals surface area contributed by atoms with Crippen molar-refractivity contribution in [1.29, 1.82) is 0 Å². The molecule has 4 aromatic rings. The summed E-state index contributed by atoms with van der Waals surface area (Å²) in [7, 11) is 0. The van der Waals surface area contributed by atoms with Crippen molar-refractivity contribution in [1.82, 2.24) is 25.8 Å². The van der Waals surface area contributed by atoms with Gasteiger partial charge in [0.15, 0.2) is 0 Å². The van der Waals surface area contributed by atoms with E-state index in [9.17, 15) is 19.5 Å². The van der Waals surface area contributed by atoms with Crippen LogP contribution in [-0.2, 0) is 22.6 Å². The number of aromatic amines is 1. The Morgan fingerprint density at radius 1 is 1.00 bits per heavy atom. The van der Waals surface area contributed by atoms with Crippen LogP contribution in [0.5, 0.6) is 0 Å². The Balaban J connectivity index is 1.30. The van der Waals surface area contributed by atoms with E-state index in [4.69, 9.17) is 4.74 Å². The zero-order valence-electron chi connectivity index (χ0n) is 20.5. The van der Waals surface area contributed by atoms with Crippen molar-refractivity contribution in [3.63, 3.8) is 0 Å². The predicted octanol–water partition coefficient (Wildman–Crippen LogP) is 3.11. The van der Waals surface area contributed by atoms with Crippen molar-refractivity contribution in [2.75, 3.05) is 18.4 Å². The number of carboxylic acid groups (broad SMARTS) is 1. The molecule has 4 rings (SSSR count). The van der Waals surface area contributed by atoms with Crippen molar-refractivity contribution in [2.45, 2.75) is 25.5 Å². The lowest BCUT2D eigenvalue weighted by molar-refractivity contribution is -0.139. The number of ether oxygens (including phenoxy) is 1. The number of benzene rings is 2. The Morgan fingerprint density at radius 3 is 2.58 bits per heavy atom. The lowest BCUT2D eigenvalue weighted by Crippen LogP contribution is -2.48. The van der Waals surface area contributed by atoms with Crippen LogP contribution in [0.3, 0.4) is 0 Å². The second-order valence-electron chi connectivity index (χ2n) is 8.46. The van der Waals surface area contributed by atoms with Gasteiger partial charge in [-0.25, -0.2) is 14.6 Å². The highest BCUT2D eigenvalue weighted by molar-refractivity contribution is 6.06. The number of nitrogens with one attached hydrogen (secondary N) is 4. The van der Waals surface area contributed by atoms with E-state index in [0.29, 0.717) is 17.5 Å². The highest BCUT2D eigenvalue weighted by atomic mass is 16.5. The molecule has 0 saturated heterocycles. The lowest BCUT2D eigenvalue weighted by Gasteiger charge is -2.15. The summed E-state index contributed by atoms with van der Waals surface area (Å²) in [5, 5.41) is 25.7. The van der Waals surface area contributed by atoms with Gasteiger partial charge in [0.1, 0.15) is 24.0 Å². The number of anilines is 1. The van der Waals surface area contributed by atoms with Crippen LogP contribution in [0.4, 0.5) is 10.6 Å². The predicted molar refractivity (Wildman–Crippen MR) is 141 cm³/mol. The first-order chi connectivity index (χ1) is 18.5. The molecule has 0 fully saturated rings. The van der Waals surface area contributed by atoms with Gasteiger partial charge in [-0.15, -0.1) is 0 Å². The van der Waals surface area contributed by atoms with E-state index >= 15 is 0 Å². The molecule has 2 amide bonds. The molecule has 0 radical (unpaired) electrons. The van der Waals surface area contributed by atoms with E-state index in [1.54, 1.807) is 42.6 Å². The van der Waals surface area contributed by atoms with E-state index in [-0.39, 0.29) is 13.2 Å². The van der Waals surface area contributed by atoms with Gasteiger partial charge in [0.2, 0.25) is 0 Å². The number of carboxylic acids is 1. The maximum absolute atomic E-state index is 12.9. The molecule has 2 heterocycles. The average Bonchev–Trinajstić information content (AvgIpc) is 3.36. The summed E-state index contributed by atoms with van der Waals surface area (Å²) in [5.74, 6) is -1.00. The van der Waals surface area contributed by atoms with Crippen molar-refractivity contribution >= 4 is 34.7 Å². The molecule has 1 unspecified atom stereocenters. The quantitative estimate of drug-likeness (QED) is 0.180. The third kappa shape index (κ3) is 7.06. The number of para-hydroxylation sites is 1. The van der Waals surface area contributed by atoms with Gasteiger partial charge >= 0.3 is 12.1 Å². The molecule has 11 heteroatoms. The van der Waals surface area contributed by atoms with Gasteiger partial charge in [-0.2, -0.15) is 5.10 Å². The first-order valence-corrected chi connectivity index (χ1v) is 12.1. The fourth-order valence-corrected chi connectivity index (χ4v) is 3.81. The maximum atomic E-state index is 12.9. The number of carbonyl (C=O) groups is 3. The van der Waals surface area contributed by atoms with E-state index in [2.05, 4.69) is 31.1 Å². The largest absolute Gasteiger partial charge is 0.480 e. The van der Waals surface area contributed by atoms with E-state index in [0.717, 1.165) is 35.4 Å². The number of hydrogen-bond donors (Lipinski definition) is 5. The molecule has 0 saturated carbocycles. The molecular weight excluding hydrogens is 488 g/mol. The Labute approximate surface area is 218 Å². The van der Waals surface area contributed by atoms with Crippen LogP contribution < -0.4 is 16.0 Å². The van der Waals surface area contributed by atoms with Crippen molar-refractivity contribution in [3.8, 4) is 0 Å². The second-order valence-corrected chi connectivity index (χ2v) is 8.46. The molecule has 11 nitrogen and oxygen atoms in total. The Morgan fingerprint density at radius 2 is 1.82 bits per heavy atom. The number of hydrogen-bond acceptors (Lipinski definition) is 7. The number of aromatic nitrogens is 3. The number of H-pyrrole nitrogens is 1. The summed E-state index contributed by atoms with van der Waals surface area (Å²) in [5.41, 5.74) is 2.44. The number of pyridine rings is 1. The zero-order chi connectivity index (χ0) is 26.7. The topological polar surface area (TPSA) is 158 Å². The van der Waals surface area contributed by atoms with Crippen molar-refractivity contribution < 1.29 is 24.2 Å². The van der Waals surface area contributed by atoms with Gasteiger partial charge < -0.3 is 25.8 Å². The summed E-state index contributed by atoms with van der Waals surface area (Å²) >= 11 is 0. The minimum Gasteiger partial charge on any atom is -0.480 e.